The van der Waals surface area contributed by atoms with Crippen LogP contribution in [0.3, 0.4) is 0 Å². The number of nitro groups is 1. The molecule has 1 amide bonds. The van der Waals surface area contributed by atoms with Gasteiger partial charge in [-0.1, -0.05) is 0 Å². The van der Waals surface area contributed by atoms with Crippen molar-refractivity contribution >= 4 is 17.3 Å². The predicted molar refractivity (Wildman–Crippen MR) is 95.0 cm³/mol. The van der Waals surface area contributed by atoms with Gasteiger partial charge in [0.15, 0.2) is 24.0 Å². The summed E-state index contributed by atoms with van der Waals surface area (Å²) in [5, 5.41) is 17.4. The molecular weight excluding hydrogens is 374 g/mol. The first kappa shape index (κ1) is 19.0. The maximum Gasteiger partial charge on any atom is 0.276 e. The number of nitro benzene ring substituents is 1. The highest BCUT2D eigenvalue weighted by Crippen LogP contribution is 2.22. The van der Waals surface area contributed by atoms with Gasteiger partial charge >= 0.3 is 0 Å². The molecule has 10 heteroatoms. The number of non-ortho nitro benzene ring substituents is 1. The van der Waals surface area contributed by atoms with Crippen molar-refractivity contribution in [3.05, 3.63) is 81.7 Å². The van der Waals surface area contributed by atoms with Gasteiger partial charge in [-0.25, -0.2) is 13.5 Å². The number of amides is 1. The van der Waals surface area contributed by atoms with E-state index < -0.39 is 22.5 Å². The predicted octanol–water partition coefficient (Wildman–Crippen LogP) is 3.67. The summed E-state index contributed by atoms with van der Waals surface area (Å²) in [6, 6.07) is 8.41. The Labute approximate surface area is 157 Å². The molecule has 2 aromatic carbocycles. The van der Waals surface area contributed by atoms with E-state index in [1.54, 1.807) is 6.92 Å². The lowest BCUT2D eigenvalue weighted by Gasteiger charge is -2.08. The third-order valence-corrected chi connectivity index (χ3v) is 3.79. The van der Waals surface area contributed by atoms with Crippen molar-refractivity contribution < 1.29 is 23.2 Å². The van der Waals surface area contributed by atoms with Gasteiger partial charge in [-0.05, 0) is 36.8 Å². The lowest BCUT2D eigenvalue weighted by molar-refractivity contribution is -0.384. The van der Waals surface area contributed by atoms with E-state index in [-0.39, 0.29) is 23.9 Å². The second kappa shape index (κ2) is 7.82. The third kappa shape index (κ3) is 4.29. The Morgan fingerprint density at radius 1 is 1.25 bits per heavy atom. The van der Waals surface area contributed by atoms with E-state index in [4.69, 9.17) is 4.74 Å². The zero-order valence-corrected chi connectivity index (χ0v) is 14.6. The van der Waals surface area contributed by atoms with E-state index >= 15 is 0 Å². The largest absolute Gasteiger partial charge is 0.468 e. The van der Waals surface area contributed by atoms with Crippen molar-refractivity contribution in [1.82, 2.24) is 9.78 Å². The molecule has 0 spiro atoms. The fraction of sp³-hybridized carbons (Fsp3) is 0.111. The van der Waals surface area contributed by atoms with Crippen LogP contribution in [-0.2, 0) is 6.73 Å². The van der Waals surface area contributed by atoms with Gasteiger partial charge in [0, 0.05) is 30.1 Å². The zero-order valence-electron chi connectivity index (χ0n) is 14.6. The number of carbonyl (C=O) groups excluding carboxylic acids is 1. The molecule has 0 unspecified atom stereocenters. The maximum absolute atomic E-state index is 13.5. The molecule has 0 aliphatic rings. The van der Waals surface area contributed by atoms with Gasteiger partial charge in [-0.3, -0.25) is 14.9 Å². The van der Waals surface area contributed by atoms with Gasteiger partial charge in [0.2, 0.25) is 0 Å². The highest BCUT2D eigenvalue weighted by atomic mass is 19.1. The van der Waals surface area contributed by atoms with E-state index in [0.29, 0.717) is 17.3 Å². The monoisotopic (exact) mass is 388 g/mol. The number of ether oxygens (including phenoxy) is 1. The second-order valence-electron chi connectivity index (χ2n) is 5.80. The number of hydrogen-bond acceptors (Lipinski definition) is 5. The summed E-state index contributed by atoms with van der Waals surface area (Å²) < 4.78 is 32.9. The second-order valence-corrected chi connectivity index (χ2v) is 5.80. The van der Waals surface area contributed by atoms with Crippen LogP contribution in [0.2, 0.25) is 0 Å². The molecular formula is C18H14F2N4O4. The smallest absolute Gasteiger partial charge is 0.276 e. The summed E-state index contributed by atoms with van der Waals surface area (Å²) in [5.74, 6) is -2.24. The number of rotatable bonds is 6. The Morgan fingerprint density at radius 2 is 2.04 bits per heavy atom. The minimum atomic E-state index is -0.848. The number of halogens is 2. The molecule has 0 atom stereocenters. The SMILES string of the molecule is Cc1cc([N+](=O)[O-])ccc1NC(=O)c1ccn(COc2ccc(F)cc2F)n1. The molecule has 0 radical (unpaired) electrons. The molecule has 8 nitrogen and oxygen atoms in total. The quantitative estimate of drug-likeness (QED) is 0.513. The normalized spacial score (nSPS) is 10.5. The standard InChI is InChI=1S/C18H14F2N4O4/c1-11-8-13(24(26)27)3-4-15(11)21-18(25)16-6-7-23(22-16)10-28-17-5-2-12(19)9-14(17)20/h2-9H,10H2,1H3,(H,21,25). The minimum Gasteiger partial charge on any atom is -0.468 e. The van der Waals surface area contributed by atoms with Crippen LogP contribution < -0.4 is 10.1 Å². The van der Waals surface area contributed by atoms with Gasteiger partial charge < -0.3 is 10.1 Å². The van der Waals surface area contributed by atoms with Crippen molar-refractivity contribution in [3.8, 4) is 5.75 Å². The molecule has 1 N–H and O–H groups in total. The average molecular weight is 388 g/mol. The van der Waals surface area contributed by atoms with Gasteiger partial charge in [-0.2, -0.15) is 5.10 Å². The molecule has 28 heavy (non-hydrogen) atoms. The number of benzene rings is 2. The number of aromatic nitrogens is 2. The van der Waals surface area contributed by atoms with E-state index in [0.717, 1.165) is 12.1 Å². The van der Waals surface area contributed by atoms with Crippen LogP contribution in [0.1, 0.15) is 16.1 Å². The van der Waals surface area contributed by atoms with Crippen molar-refractivity contribution in [2.45, 2.75) is 13.7 Å². The summed E-state index contributed by atoms with van der Waals surface area (Å²) in [4.78, 5) is 22.5. The molecule has 0 aliphatic carbocycles. The fourth-order valence-corrected chi connectivity index (χ4v) is 2.37. The Bertz CT molecular complexity index is 1050. The van der Waals surface area contributed by atoms with Crippen LogP contribution in [0, 0.1) is 28.7 Å². The van der Waals surface area contributed by atoms with Crippen LogP contribution in [0.4, 0.5) is 20.2 Å². The van der Waals surface area contributed by atoms with Crippen molar-refractivity contribution in [2.24, 2.45) is 0 Å². The Kier molecular flexibility index (Phi) is 5.30. The topological polar surface area (TPSA) is 99.3 Å². The molecule has 1 aromatic heterocycles. The first-order chi connectivity index (χ1) is 13.3. The number of anilines is 1. The number of nitrogens with one attached hydrogen (secondary N) is 1. The van der Waals surface area contributed by atoms with Crippen LogP contribution in [0.5, 0.6) is 5.75 Å². The van der Waals surface area contributed by atoms with E-state index in [1.165, 1.54) is 35.1 Å². The summed E-state index contributed by atoms with van der Waals surface area (Å²) >= 11 is 0. The number of carbonyl (C=O) groups is 1. The molecule has 144 valence electrons. The van der Waals surface area contributed by atoms with Crippen LogP contribution in [-0.4, -0.2) is 20.6 Å². The molecule has 0 saturated carbocycles. The van der Waals surface area contributed by atoms with Crippen LogP contribution in [0.15, 0.2) is 48.7 Å². The van der Waals surface area contributed by atoms with Crippen molar-refractivity contribution in [1.29, 1.82) is 0 Å². The van der Waals surface area contributed by atoms with Gasteiger partial charge in [-0.15, -0.1) is 0 Å². The third-order valence-electron chi connectivity index (χ3n) is 3.79. The molecule has 1 heterocycles. The number of hydrogen-bond donors (Lipinski definition) is 1. The molecule has 3 rings (SSSR count). The molecule has 0 fully saturated rings. The first-order valence-corrected chi connectivity index (χ1v) is 8.01. The van der Waals surface area contributed by atoms with Gasteiger partial charge in [0.1, 0.15) is 5.82 Å². The average Bonchev–Trinajstić information content (AvgIpc) is 3.11. The van der Waals surface area contributed by atoms with E-state index in [9.17, 15) is 23.7 Å². The zero-order chi connectivity index (χ0) is 20.3. The van der Waals surface area contributed by atoms with Crippen molar-refractivity contribution in [2.75, 3.05) is 5.32 Å². The van der Waals surface area contributed by atoms with Crippen molar-refractivity contribution in [3.63, 3.8) is 0 Å². The molecule has 0 saturated heterocycles. The Balaban J connectivity index is 1.64. The Hall–Kier alpha value is -3.82. The maximum atomic E-state index is 13.5. The molecule has 3 aromatic rings. The van der Waals surface area contributed by atoms with Crippen LogP contribution in [0.25, 0.3) is 0 Å². The Morgan fingerprint density at radius 3 is 2.71 bits per heavy atom. The number of aryl methyl sites for hydroxylation is 1. The summed E-state index contributed by atoms with van der Waals surface area (Å²) in [5.41, 5.74) is 0.928. The van der Waals surface area contributed by atoms with E-state index in [1.807, 2.05) is 0 Å². The summed E-state index contributed by atoms with van der Waals surface area (Å²) in [6.07, 6.45) is 1.46. The lowest BCUT2D eigenvalue weighted by atomic mass is 10.1. The number of nitrogens with zero attached hydrogens (tertiary/aromatic N) is 3. The van der Waals surface area contributed by atoms with Gasteiger partial charge in [0.05, 0.1) is 4.92 Å². The van der Waals surface area contributed by atoms with Gasteiger partial charge in [0.25, 0.3) is 11.6 Å². The minimum absolute atomic E-state index is 0.0703. The summed E-state index contributed by atoms with van der Waals surface area (Å²) in [7, 11) is 0. The highest BCUT2D eigenvalue weighted by molar-refractivity contribution is 6.03. The molecule has 0 bridgehead atoms. The first-order valence-electron chi connectivity index (χ1n) is 8.01. The van der Waals surface area contributed by atoms with E-state index in [2.05, 4.69) is 10.4 Å². The fourth-order valence-electron chi connectivity index (χ4n) is 2.37. The highest BCUT2D eigenvalue weighted by Gasteiger charge is 2.14. The summed E-state index contributed by atoms with van der Waals surface area (Å²) in [6.45, 7) is 1.44. The van der Waals surface area contributed by atoms with Crippen LogP contribution >= 0.6 is 0 Å². The molecule has 0 aliphatic heterocycles. The lowest BCUT2D eigenvalue weighted by Crippen LogP contribution is -2.15.